The zero-order valence-corrected chi connectivity index (χ0v) is 25.5. The Kier molecular flexibility index (Phi) is 9.30. The fourth-order valence-corrected chi connectivity index (χ4v) is 10.4. The van der Waals surface area contributed by atoms with Crippen molar-refractivity contribution in [2.45, 2.75) is 127 Å². The maximum Gasteiger partial charge on any atom is 0.186 e. The molecule has 17 atom stereocenters. The minimum Gasteiger partial charge on any atom is -0.394 e. The molecule has 4 saturated carbocycles. The normalized spacial score (nSPS) is 53.9. The van der Waals surface area contributed by atoms with Gasteiger partial charge in [0.15, 0.2) is 6.29 Å². The Morgan fingerprint density at radius 1 is 0.905 bits per heavy atom. The van der Waals surface area contributed by atoms with Crippen molar-refractivity contribution in [2.75, 3.05) is 13.2 Å². The van der Waals surface area contributed by atoms with Crippen LogP contribution in [0.2, 0.25) is 0 Å². The summed E-state index contributed by atoms with van der Waals surface area (Å²) in [6, 6.07) is 0. The summed E-state index contributed by atoms with van der Waals surface area (Å²) in [7, 11) is 0. The topological polar surface area (TPSA) is 180 Å². The van der Waals surface area contributed by atoms with Gasteiger partial charge in [-0.05, 0) is 73.0 Å². The molecule has 5 aliphatic rings. The van der Waals surface area contributed by atoms with Gasteiger partial charge in [-0.2, -0.15) is 0 Å². The quantitative estimate of drug-likeness (QED) is 0.185. The number of hydrogen-bond acceptors (Lipinski definition) is 10. The number of allylic oxidation sites excluding steroid dienone is 2. The molecule has 8 N–H and O–H groups in total. The van der Waals surface area contributed by atoms with Crippen LogP contribution in [-0.4, -0.2) is 109 Å². The van der Waals surface area contributed by atoms with Crippen molar-refractivity contribution in [3.8, 4) is 0 Å². The number of aliphatic hydroxyl groups is 8. The molecular formula is C32H54O10. The highest BCUT2D eigenvalue weighted by atomic mass is 16.7. The Morgan fingerprint density at radius 2 is 1.60 bits per heavy atom. The number of aliphatic hydroxyl groups excluding tert-OH is 7. The van der Waals surface area contributed by atoms with Gasteiger partial charge in [-0.1, -0.05) is 39.8 Å². The first-order valence-electron chi connectivity index (χ1n) is 16.0. The standard InChI is InChI=1S/C32H54O10/c1-16(15-41-29-27(39)26(38)22(14-33)42-29)6-5-7-17(2)18-12-20(35)28-30(18,3)11-9-23-31(4)10-8-19(34)25(37)24(31)21(36)13-32(23,28)40/h5,7,16-29,33-40H,6,8-15H2,1-4H3. The minimum absolute atomic E-state index is 0.100. The molecule has 0 aromatic rings. The smallest absolute Gasteiger partial charge is 0.186 e. The van der Waals surface area contributed by atoms with Crippen LogP contribution in [0, 0.1) is 46.3 Å². The van der Waals surface area contributed by atoms with Crippen LogP contribution in [0.3, 0.4) is 0 Å². The van der Waals surface area contributed by atoms with Crippen molar-refractivity contribution >= 4 is 0 Å². The first-order valence-corrected chi connectivity index (χ1v) is 16.0. The lowest BCUT2D eigenvalue weighted by atomic mass is 9.41. The molecule has 0 aromatic carbocycles. The summed E-state index contributed by atoms with van der Waals surface area (Å²) < 4.78 is 11.1. The summed E-state index contributed by atoms with van der Waals surface area (Å²) in [5, 5.41) is 85.7. The Labute approximate surface area is 249 Å². The lowest BCUT2D eigenvalue weighted by Crippen LogP contribution is -2.70. The van der Waals surface area contributed by atoms with E-state index in [4.69, 9.17) is 9.47 Å². The molecule has 17 unspecified atom stereocenters. The van der Waals surface area contributed by atoms with E-state index in [0.717, 1.165) is 19.3 Å². The van der Waals surface area contributed by atoms with Crippen LogP contribution in [0.25, 0.3) is 0 Å². The van der Waals surface area contributed by atoms with E-state index in [9.17, 15) is 40.9 Å². The summed E-state index contributed by atoms with van der Waals surface area (Å²) in [6.45, 7) is 8.34. The zero-order chi connectivity index (χ0) is 30.8. The van der Waals surface area contributed by atoms with Crippen molar-refractivity contribution in [2.24, 2.45) is 46.3 Å². The fourth-order valence-electron chi connectivity index (χ4n) is 10.4. The third-order valence-electron chi connectivity index (χ3n) is 12.5. The average Bonchev–Trinajstić information content (AvgIpc) is 3.36. The summed E-state index contributed by atoms with van der Waals surface area (Å²) in [5.41, 5.74) is -2.10. The van der Waals surface area contributed by atoms with Gasteiger partial charge in [-0.25, -0.2) is 0 Å². The van der Waals surface area contributed by atoms with Gasteiger partial charge in [0, 0.05) is 18.3 Å². The minimum atomic E-state index is -1.25. The van der Waals surface area contributed by atoms with E-state index < -0.39 is 72.6 Å². The second-order valence-corrected chi connectivity index (χ2v) is 15.0. The van der Waals surface area contributed by atoms with Gasteiger partial charge in [-0.3, -0.25) is 0 Å². The summed E-state index contributed by atoms with van der Waals surface area (Å²) >= 11 is 0. The van der Waals surface area contributed by atoms with Gasteiger partial charge in [0.05, 0.1) is 43.2 Å². The van der Waals surface area contributed by atoms with Crippen molar-refractivity contribution in [1.82, 2.24) is 0 Å². The van der Waals surface area contributed by atoms with Gasteiger partial charge in [-0.15, -0.1) is 0 Å². The van der Waals surface area contributed by atoms with Crippen LogP contribution < -0.4 is 0 Å². The Bertz CT molecular complexity index is 979. The van der Waals surface area contributed by atoms with Crippen LogP contribution in [0.5, 0.6) is 0 Å². The van der Waals surface area contributed by atoms with E-state index in [1.54, 1.807) is 0 Å². The molecule has 5 fully saturated rings. The van der Waals surface area contributed by atoms with Crippen molar-refractivity contribution in [3.05, 3.63) is 12.2 Å². The molecule has 1 saturated heterocycles. The Balaban J connectivity index is 1.23. The van der Waals surface area contributed by atoms with Gasteiger partial charge in [0.1, 0.15) is 18.3 Å². The lowest BCUT2D eigenvalue weighted by Gasteiger charge is -2.66. The Hall–Kier alpha value is -0.660. The summed E-state index contributed by atoms with van der Waals surface area (Å²) in [4.78, 5) is 0. The van der Waals surface area contributed by atoms with E-state index >= 15 is 0 Å². The maximum absolute atomic E-state index is 12.4. The fraction of sp³-hybridized carbons (Fsp3) is 0.938. The molecule has 0 radical (unpaired) electrons. The molecule has 0 spiro atoms. The molecule has 0 bridgehead atoms. The first kappa shape index (κ1) is 32.7. The van der Waals surface area contributed by atoms with Gasteiger partial charge < -0.3 is 50.3 Å². The highest BCUT2D eigenvalue weighted by molar-refractivity contribution is 5.21. The zero-order valence-electron chi connectivity index (χ0n) is 25.5. The molecule has 1 heterocycles. The summed E-state index contributed by atoms with van der Waals surface area (Å²) in [5.74, 6) is -0.649. The highest BCUT2D eigenvalue weighted by Gasteiger charge is 2.71. The third kappa shape index (κ3) is 5.21. The predicted octanol–water partition coefficient (Wildman–Crippen LogP) is 0.708. The monoisotopic (exact) mass is 598 g/mol. The van der Waals surface area contributed by atoms with E-state index in [0.29, 0.717) is 25.9 Å². The largest absolute Gasteiger partial charge is 0.394 e. The molecule has 42 heavy (non-hydrogen) atoms. The number of fused-ring (bicyclic) bond motifs is 5. The molecule has 4 aliphatic carbocycles. The van der Waals surface area contributed by atoms with Gasteiger partial charge >= 0.3 is 0 Å². The molecule has 0 aromatic heterocycles. The molecule has 1 aliphatic heterocycles. The molecular weight excluding hydrogens is 544 g/mol. The van der Waals surface area contributed by atoms with Crippen LogP contribution >= 0.6 is 0 Å². The van der Waals surface area contributed by atoms with E-state index in [1.165, 1.54) is 0 Å². The van der Waals surface area contributed by atoms with Crippen LogP contribution in [0.15, 0.2) is 12.2 Å². The molecule has 5 rings (SSSR count). The summed E-state index contributed by atoms with van der Waals surface area (Å²) in [6.07, 6.45) is 0.593. The van der Waals surface area contributed by atoms with Crippen molar-refractivity contribution in [3.63, 3.8) is 0 Å². The Morgan fingerprint density at radius 3 is 2.26 bits per heavy atom. The predicted molar refractivity (Wildman–Crippen MR) is 153 cm³/mol. The van der Waals surface area contributed by atoms with Gasteiger partial charge in [0.25, 0.3) is 0 Å². The number of hydrogen-bond donors (Lipinski definition) is 8. The average molecular weight is 599 g/mol. The third-order valence-corrected chi connectivity index (χ3v) is 12.5. The van der Waals surface area contributed by atoms with Crippen LogP contribution in [-0.2, 0) is 9.47 Å². The molecule has 10 heteroatoms. The second-order valence-electron chi connectivity index (χ2n) is 15.0. The maximum atomic E-state index is 12.4. The SMILES string of the molecule is CC(CC=CC(C)C1CC(O)C2C1(C)CCC1C3(C)CCC(O)C(O)C3C(O)CC12O)COC1OC(CO)C(O)C1O. The van der Waals surface area contributed by atoms with Crippen molar-refractivity contribution < 1.29 is 50.3 Å². The number of rotatable bonds is 8. The lowest BCUT2D eigenvalue weighted by molar-refractivity contribution is -0.280. The van der Waals surface area contributed by atoms with Crippen LogP contribution in [0.1, 0.15) is 72.6 Å². The molecule has 242 valence electrons. The van der Waals surface area contributed by atoms with E-state index in [-0.39, 0.29) is 41.4 Å². The van der Waals surface area contributed by atoms with E-state index in [1.807, 2.05) is 6.92 Å². The molecule has 0 amide bonds. The second kappa shape index (κ2) is 11.9. The first-order chi connectivity index (χ1) is 19.7. The number of ether oxygens (including phenoxy) is 2. The van der Waals surface area contributed by atoms with E-state index in [2.05, 4.69) is 32.9 Å². The highest BCUT2D eigenvalue weighted by Crippen LogP contribution is 2.69. The van der Waals surface area contributed by atoms with Gasteiger partial charge in [0.2, 0.25) is 0 Å². The van der Waals surface area contributed by atoms with Crippen LogP contribution in [0.4, 0.5) is 0 Å². The van der Waals surface area contributed by atoms with Crippen molar-refractivity contribution in [1.29, 1.82) is 0 Å². The molecule has 10 nitrogen and oxygen atoms in total.